The van der Waals surface area contributed by atoms with Gasteiger partial charge in [-0.3, -0.25) is 9.97 Å². The van der Waals surface area contributed by atoms with E-state index in [9.17, 15) is 0 Å². The zero-order valence-electron chi connectivity index (χ0n) is 15.1. The van der Waals surface area contributed by atoms with E-state index in [2.05, 4.69) is 64.8 Å². The first-order chi connectivity index (χ1) is 13.4. The first kappa shape index (κ1) is 15.1. The van der Waals surface area contributed by atoms with Crippen molar-refractivity contribution in [1.29, 1.82) is 0 Å². The first-order valence-corrected chi connectivity index (χ1v) is 9.60. The third-order valence-electron chi connectivity index (χ3n) is 5.84. The van der Waals surface area contributed by atoms with Crippen LogP contribution in [0.2, 0.25) is 0 Å². The van der Waals surface area contributed by atoms with Crippen LogP contribution in [0.5, 0.6) is 0 Å². The van der Waals surface area contributed by atoms with Gasteiger partial charge in [0.25, 0.3) is 0 Å². The maximum Gasteiger partial charge on any atom is 0.0726 e. The second-order valence-corrected chi connectivity index (χ2v) is 7.46. The minimum absolute atomic E-state index is 0.862. The molecule has 132 valence electrons. The Labute approximate surface area is 157 Å². The number of fused-ring (bicyclic) bond motifs is 4. The molecule has 2 aliphatic heterocycles. The lowest BCUT2D eigenvalue weighted by molar-refractivity contribution is 0.709. The molecule has 0 aliphatic carbocycles. The van der Waals surface area contributed by atoms with Crippen LogP contribution in [-0.2, 0) is 26.1 Å². The molecule has 0 unspecified atom stereocenters. The van der Waals surface area contributed by atoms with Gasteiger partial charge in [-0.15, -0.1) is 0 Å². The molecule has 0 spiro atoms. The molecule has 6 rings (SSSR count). The largest absolute Gasteiger partial charge is 0.364 e. The van der Waals surface area contributed by atoms with Crippen molar-refractivity contribution >= 4 is 27.5 Å². The molecule has 0 bridgehead atoms. The smallest absolute Gasteiger partial charge is 0.0726 e. The normalized spacial score (nSPS) is 15.9. The van der Waals surface area contributed by atoms with E-state index in [0.29, 0.717) is 0 Å². The molecule has 2 aromatic heterocycles. The molecule has 0 saturated carbocycles. The number of aromatic nitrogens is 2. The molecule has 0 fully saturated rings. The molecule has 4 heteroatoms. The molecule has 27 heavy (non-hydrogen) atoms. The fourth-order valence-electron chi connectivity index (χ4n) is 4.54. The van der Waals surface area contributed by atoms with Crippen LogP contribution in [-0.4, -0.2) is 16.5 Å². The summed E-state index contributed by atoms with van der Waals surface area (Å²) >= 11 is 0. The highest BCUT2D eigenvalue weighted by molar-refractivity contribution is 5.94. The fourth-order valence-corrected chi connectivity index (χ4v) is 4.54. The van der Waals surface area contributed by atoms with Gasteiger partial charge in [0, 0.05) is 36.0 Å². The molecule has 0 saturated heterocycles. The number of anilines is 1. The summed E-state index contributed by atoms with van der Waals surface area (Å²) in [6.45, 7) is 3.64. The molecule has 4 heterocycles. The van der Waals surface area contributed by atoms with E-state index in [1.165, 1.54) is 39.0 Å². The van der Waals surface area contributed by atoms with E-state index in [1.807, 2.05) is 0 Å². The van der Waals surface area contributed by atoms with E-state index < -0.39 is 0 Å². The minimum atomic E-state index is 0.862. The van der Waals surface area contributed by atoms with Gasteiger partial charge in [0.15, 0.2) is 0 Å². The Morgan fingerprint density at radius 3 is 2.63 bits per heavy atom. The predicted molar refractivity (Wildman–Crippen MR) is 109 cm³/mol. The molecule has 4 nitrogen and oxygen atoms in total. The minimum Gasteiger partial charge on any atom is -0.364 e. The van der Waals surface area contributed by atoms with Crippen molar-refractivity contribution in [3.63, 3.8) is 0 Å². The van der Waals surface area contributed by atoms with E-state index in [0.717, 1.165) is 43.6 Å². The third kappa shape index (κ3) is 2.33. The average Bonchev–Trinajstić information content (AvgIpc) is 3.18. The van der Waals surface area contributed by atoms with Crippen molar-refractivity contribution < 1.29 is 0 Å². The SMILES string of the molecule is c1ccc2nc3c(cc2c1)CCN(c1c2c(nc4ccccc14)CNC2)C3. The van der Waals surface area contributed by atoms with E-state index >= 15 is 0 Å². The number of benzene rings is 2. The molecule has 0 amide bonds. The summed E-state index contributed by atoms with van der Waals surface area (Å²) in [6, 6.07) is 19.3. The highest BCUT2D eigenvalue weighted by Crippen LogP contribution is 2.36. The number of hydrogen-bond acceptors (Lipinski definition) is 4. The summed E-state index contributed by atoms with van der Waals surface area (Å²) < 4.78 is 0. The van der Waals surface area contributed by atoms with E-state index in [-0.39, 0.29) is 0 Å². The lowest BCUT2D eigenvalue weighted by Crippen LogP contribution is -2.32. The summed E-state index contributed by atoms with van der Waals surface area (Å²) in [7, 11) is 0. The highest BCUT2D eigenvalue weighted by Gasteiger charge is 2.26. The quantitative estimate of drug-likeness (QED) is 0.563. The zero-order valence-corrected chi connectivity index (χ0v) is 15.1. The fraction of sp³-hybridized carbons (Fsp3) is 0.217. The van der Waals surface area contributed by atoms with Crippen LogP contribution in [0, 0.1) is 0 Å². The van der Waals surface area contributed by atoms with Gasteiger partial charge in [0.05, 0.1) is 34.7 Å². The van der Waals surface area contributed by atoms with Gasteiger partial charge >= 0.3 is 0 Å². The van der Waals surface area contributed by atoms with E-state index in [1.54, 1.807) is 0 Å². The van der Waals surface area contributed by atoms with Crippen LogP contribution in [0.25, 0.3) is 21.8 Å². The Kier molecular flexibility index (Phi) is 3.22. The number of para-hydroxylation sites is 2. The second-order valence-electron chi connectivity index (χ2n) is 7.46. The van der Waals surface area contributed by atoms with Gasteiger partial charge in [-0.05, 0) is 30.2 Å². The molecule has 2 aromatic carbocycles. The van der Waals surface area contributed by atoms with Gasteiger partial charge in [-0.1, -0.05) is 36.4 Å². The van der Waals surface area contributed by atoms with Crippen LogP contribution in [0.15, 0.2) is 54.6 Å². The Morgan fingerprint density at radius 1 is 0.852 bits per heavy atom. The molecule has 0 atom stereocenters. The maximum atomic E-state index is 4.99. The standard InChI is InChI=1S/C23H20N4/c1-3-7-19-15(5-1)11-16-9-10-27(14-22(16)25-19)23-17-6-2-4-8-20(17)26-21-13-24-12-18(21)23/h1-8,11,24H,9-10,12-14H2. The van der Waals surface area contributed by atoms with Crippen molar-refractivity contribution in [3.05, 3.63) is 77.1 Å². The Morgan fingerprint density at radius 2 is 1.67 bits per heavy atom. The zero-order chi connectivity index (χ0) is 17.8. The van der Waals surface area contributed by atoms with Gasteiger partial charge in [0.2, 0.25) is 0 Å². The maximum absolute atomic E-state index is 4.99. The Balaban J connectivity index is 1.50. The van der Waals surface area contributed by atoms with Crippen LogP contribution in [0.4, 0.5) is 5.69 Å². The number of hydrogen-bond donors (Lipinski definition) is 1. The summed E-state index contributed by atoms with van der Waals surface area (Å²) in [5, 5.41) is 5.97. The van der Waals surface area contributed by atoms with Gasteiger partial charge in [-0.25, -0.2) is 0 Å². The Bertz CT molecular complexity index is 1200. The van der Waals surface area contributed by atoms with Crippen LogP contribution < -0.4 is 10.2 Å². The number of nitrogens with one attached hydrogen (secondary N) is 1. The second kappa shape index (κ2) is 5.76. The summed E-state index contributed by atoms with van der Waals surface area (Å²) in [6.07, 6.45) is 1.03. The number of rotatable bonds is 1. The van der Waals surface area contributed by atoms with Gasteiger partial charge in [0.1, 0.15) is 0 Å². The molecular formula is C23H20N4. The lowest BCUT2D eigenvalue weighted by Gasteiger charge is -2.32. The molecule has 0 radical (unpaired) electrons. The molecule has 4 aromatic rings. The van der Waals surface area contributed by atoms with Gasteiger partial charge < -0.3 is 10.2 Å². The summed E-state index contributed by atoms with van der Waals surface area (Å²) in [5.74, 6) is 0. The average molecular weight is 352 g/mol. The van der Waals surface area contributed by atoms with Crippen molar-refractivity contribution in [2.24, 2.45) is 0 Å². The number of pyridine rings is 2. The lowest BCUT2D eigenvalue weighted by atomic mass is 9.99. The van der Waals surface area contributed by atoms with Crippen LogP contribution >= 0.6 is 0 Å². The van der Waals surface area contributed by atoms with Crippen molar-refractivity contribution in [2.45, 2.75) is 26.1 Å². The molecule has 2 aliphatic rings. The predicted octanol–water partition coefficient (Wildman–Crippen LogP) is 3.95. The third-order valence-corrected chi connectivity index (χ3v) is 5.84. The summed E-state index contributed by atoms with van der Waals surface area (Å²) in [4.78, 5) is 12.4. The monoisotopic (exact) mass is 352 g/mol. The summed E-state index contributed by atoms with van der Waals surface area (Å²) in [5.41, 5.74) is 8.68. The Hall–Kier alpha value is -2.98. The van der Waals surface area contributed by atoms with Crippen molar-refractivity contribution in [2.75, 3.05) is 11.4 Å². The molecular weight excluding hydrogens is 332 g/mol. The van der Waals surface area contributed by atoms with Gasteiger partial charge in [-0.2, -0.15) is 0 Å². The topological polar surface area (TPSA) is 41.1 Å². The van der Waals surface area contributed by atoms with Crippen molar-refractivity contribution in [3.8, 4) is 0 Å². The molecule has 1 N–H and O–H groups in total. The van der Waals surface area contributed by atoms with Crippen molar-refractivity contribution in [1.82, 2.24) is 15.3 Å². The highest BCUT2D eigenvalue weighted by atomic mass is 15.2. The number of nitrogens with zero attached hydrogens (tertiary/aromatic N) is 3. The van der Waals surface area contributed by atoms with E-state index in [4.69, 9.17) is 9.97 Å². The first-order valence-electron chi connectivity index (χ1n) is 9.60. The van der Waals surface area contributed by atoms with Crippen LogP contribution in [0.1, 0.15) is 22.5 Å². The van der Waals surface area contributed by atoms with Crippen LogP contribution in [0.3, 0.4) is 0 Å².